The number of piperidine rings is 1. The van der Waals surface area contributed by atoms with Gasteiger partial charge in [0.1, 0.15) is 6.33 Å². The molecular formula is C21H26N6OS. The van der Waals surface area contributed by atoms with Crippen molar-refractivity contribution in [1.82, 2.24) is 29.6 Å². The molecule has 0 aromatic carbocycles. The van der Waals surface area contributed by atoms with Crippen LogP contribution in [0, 0.1) is 20.8 Å². The SMILES string of the molecule is CCn1nc(C)c(C(=O)N2CCC(c3nc(C)c(-c4ccncn4)s3)CC2)c1C. The van der Waals surface area contributed by atoms with E-state index in [4.69, 9.17) is 4.98 Å². The maximum atomic E-state index is 13.1. The largest absolute Gasteiger partial charge is 0.338 e. The molecular weight excluding hydrogens is 384 g/mol. The van der Waals surface area contributed by atoms with Gasteiger partial charge in [-0.05, 0) is 46.6 Å². The molecule has 8 heteroatoms. The molecule has 0 N–H and O–H groups in total. The Morgan fingerprint density at radius 1 is 1.21 bits per heavy atom. The monoisotopic (exact) mass is 410 g/mol. The highest BCUT2D eigenvalue weighted by molar-refractivity contribution is 7.15. The topological polar surface area (TPSA) is 76.8 Å². The van der Waals surface area contributed by atoms with Gasteiger partial charge in [-0.2, -0.15) is 5.10 Å². The van der Waals surface area contributed by atoms with Gasteiger partial charge < -0.3 is 4.90 Å². The summed E-state index contributed by atoms with van der Waals surface area (Å²) in [6.07, 6.45) is 5.20. The zero-order valence-corrected chi connectivity index (χ0v) is 18.2. The Morgan fingerprint density at radius 2 is 1.97 bits per heavy atom. The fourth-order valence-corrected chi connectivity index (χ4v) is 5.27. The number of rotatable bonds is 4. The molecule has 0 spiro atoms. The van der Waals surface area contributed by atoms with E-state index in [-0.39, 0.29) is 5.91 Å². The van der Waals surface area contributed by atoms with Gasteiger partial charge >= 0.3 is 0 Å². The van der Waals surface area contributed by atoms with Gasteiger partial charge in [0.25, 0.3) is 5.91 Å². The van der Waals surface area contributed by atoms with Gasteiger partial charge in [-0.3, -0.25) is 9.48 Å². The quantitative estimate of drug-likeness (QED) is 0.654. The minimum Gasteiger partial charge on any atom is -0.338 e. The highest BCUT2D eigenvalue weighted by atomic mass is 32.1. The minimum absolute atomic E-state index is 0.107. The Kier molecular flexibility index (Phi) is 5.45. The molecule has 0 radical (unpaired) electrons. The van der Waals surface area contributed by atoms with Gasteiger partial charge in [-0.1, -0.05) is 0 Å². The molecule has 1 aliphatic rings. The number of hydrogen-bond donors (Lipinski definition) is 0. The number of nitrogens with zero attached hydrogens (tertiary/aromatic N) is 6. The van der Waals surface area contributed by atoms with Crippen LogP contribution in [0.25, 0.3) is 10.6 Å². The molecule has 152 valence electrons. The first-order valence-electron chi connectivity index (χ1n) is 10.1. The van der Waals surface area contributed by atoms with Crippen LogP contribution >= 0.6 is 11.3 Å². The zero-order valence-electron chi connectivity index (χ0n) is 17.3. The van der Waals surface area contributed by atoms with Gasteiger partial charge in [0, 0.05) is 37.4 Å². The van der Waals surface area contributed by atoms with Crippen molar-refractivity contribution in [2.24, 2.45) is 0 Å². The Labute approximate surface area is 174 Å². The van der Waals surface area contributed by atoms with E-state index in [1.807, 2.05) is 43.3 Å². The van der Waals surface area contributed by atoms with E-state index < -0.39 is 0 Å². The molecule has 3 aromatic heterocycles. The van der Waals surface area contributed by atoms with Gasteiger partial charge in [-0.25, -0.2) is 15.0 Å². The van der Waals surface area contributed by atoms with Crippen LogP contribution in [-0.4, -0.2) is 48.6 Å². The lowest BCUT2D eigenvalue weighted by Crippen LogP contribution is -2.38. The summed E-state index contributed by atoms with van der Waals surface area (Å²) in [4.78, 5) is 29.4. The second-order valence-electron chi connectivity index (χ2n) is 7.49. The number of likely N-dealkylation sites (tertiary alicyclic amines) is 1. The van der Waals surface area contributed by atoms with Crippen LogP contribution in [-0.2, 0) is 6.54 Å². The third-order valence-corrected chi connectivity index (χ3v) is 7.00. The van der Waals surface area contributed by atoms with Crippen LogP contribution in [0.15, 0.2) is 18.6 Å². The first-order valence-corrected chi connectivity index (χ1v) is 10.9. The molecule has 0 aliphatic carbocycles. The lowest BCUT2D eigenvalue weighted by atomic mass is 9.97. The molecule has 1 fully saturated rings. The van der Waals surface area contributed by atoms with Crippen LogP contribution in [0.1, 0.15) is 58.1 Å². The summed E-state index contributed by atoms with van der Waals surface area (Å²) in [5.74, 6) is 0.494. The van der Waals surface area contributed by atoms with Crippen LogP contribution in [0.5, 0.6) is 0 Å². The number of aromatic nitrogens is 5. The van der Waals surface area contributed by atoms with Crippen LogP contribution in [0.2, 0.25) is 0 Å². The Morgan fingerprint density at radius 3 is 2.59 bits per heavy atom. The standard InChI is InChI=1S/C21H26N6OS/c1-5-27-15(4)18(13(2)25-27)21(28)26-10-7-16(8-11-26)20-24-14(3)19(29-20)17-6-9-22-12-23-17/h6,9,12,16H,5,7-8,10-11H2,1-4H3. The number of amides is 1. The molecule has 29 heavy (non-hydrogen) atoms. The molecule has 7 nitrogen and oxygen atoms in total. The average Bonchev–Trinajstić information content (AvgIpc) is 3.27. The molecule has 3 aromatic rings. The zero-order chi connectivity index (χ0) is 20.5. The first kappa shape index (κ1) is 19.7. The van der Waals surface area contributed by atoms with Gasteiger partial charge in [0.15, 0.2) is 0 Å². The molecule has 4 rings (SSSR count). The van der Waals surface area contributed by atoms with Crippen molar-refractivity contribution >= 4 is 17.2 Å². The number of aryl methyl sites for hydroxylation is 3. The minimum atomic E-state index is 0.107. The van der Waals surface area contributed by atoms with Gasteiger partial charge in [0.2, 0.25) is 0 Å². The summed E-state index contributed by atoms with van der Waals surface area (Å²) in [5, 5.41) is 5.65. The molecule has 0 saturated carbocycles. The number of carbonyl (C=O) groups is 1. The predicted octanol–water partition coefficient (Wildman–Crippen LogP) is 3.76. The fraction of sp³-hybridized carbons (Fsp3) is 0.476. The second-order valence-corrected chi connectivity index (χ2v) is 8.52. The summed E-state index contributed by atoms with van der Waals surface area (Å²) >= 11 is 1.72. The van der Waals surface area contributed by atoms with E-state index in [0.717, 1.165) is 70.7 Å². The van der Waals surface area contributed by atoms with Crippen molar-refractivity contribution in [3.8, 4) is 10.6 Å². The predicted molar refractivity (Wildman–Crippen MR) is 113 cm³/mol. The molecule has 0 unspecified atom stereocenters. The normalized spacial score (nSPS) is 15.1. The van der Waals surface area contributed by atoms with E-state index in [0.29, 0.717) is 5.92 Å². The molecule has 1 amide bonds. The maximum Gasteiger partial charge on any atom is 0.257 e. The summed E-state index contributed by atoms with van der Waals surface area (Å²) in [6.45, 7) is 10.3. The molecule has 4 heterocycles. The summed E-state index contributed by atoms with van der Waals surface area (Å²) in [6, 6.07) is 1.92. The highest BCUT2D eigenvalue weighted by Gasteiger charge is 2.29. The van der Waals surface area contributed by atoms with Gasteiger partial charge in [-0.15, -0.1) is 11.3 Å². The highest BCUT2D eigenvalue weighted by Crippen LogP contribution is 2.36. The van der Waals surface area contributed by atoms with Crippen LogP contribution < -0.4 is 0 Å². The first-order chi connectivity index (χ1) is 14.0. The molecule has 0 atom stereocenters. The Hall–Kier alpha value is -2.61. The Balaban J connectivity index is 1.46. The molecule has 0 bridgehead atoms. The third kappa shape index (κ3) is 3.69. The van der Waals surface area contributed by atoms with E-state index in [2.05, 4.69) is 15.1 Å². The van der Waals surface area contributed by atoms with Gasteiger partial charge in [0.05, 0.1) is 32.5 Å². The fourth-order valence-electron chi connectivity index (χ4n) is 4.06. The molecule has 1 saturated heterocycles. The number of carbonyl (C=O) groups excluding carboxylic acids is 1. The van der Waals surface area contributed by atoms with Crippen LogP contribution in [0.4, 0.5) is 0 Å². The van der Waals surface area contributed by atoms with Crippen molar-refractivity contribution < 1.29 is 4.79 Å². The summed E-state index contributed by atoms with van der Waals surface area (Å²) < 4.78 is 1.91. The van der Waals surface area contributed by atoms with Crippen LogP contribution in [0.3, 0.4) is 0 Å². The maximum absolute atomic E-state index is 13.1. The van der Waals surface area contributed by atoms with E-state index >= 15 is 0 Å². The molecule has 1 aliphatic heterocycles. The lowest BCUT2D eigenvalue weighted by molar-refractivity contribution is 0.0711. The third-order valence-electron chi connectivity index (χ3n) is 5.65. The lowest BCUT2D eigenvalue weighted by Gasteiger charge is -2.31. The smallest absolute Gasteiger partial charge is 0.257 e. The number of thiazole rings is 1. The van der Waals surface area contributed by atoms with E-state index in [1.54, 1.807) is 23.9 Å². The number of hydrogen-bond acceptors (Lipinski definition) is 6. The van der Waals surface area contributed by atoms with E-state index in [9.17, 15) is 4.79 Å². The van der Waals surface area contributed by atoms with Crippen molar-refractivity contribution in [2.45, 2.75) is 53.0 Å². The summed E-state index contributed by atoms with van der Waals surface area (Å²) in [7, 11) is 0. The average molecular weight is 411 g/mol. The Bertz CT molecular complexity index is 1020. The summed E-state index contributed by atoms with van der Waals surface area (Å²) in [5.41, 5.74) is 4.48. The van der Waals surface area contributed by atoms with Crippen molar-refractivity contribution in [3.05, 3.63) is 46.2 Å². The van der Waals surface area contributed by atoms with E-state index in [1.165, 1.54) is 0 Å². The van der Waals surface area contributed by atoms with Crippen molar-refractivity contribution in [3.63, 3.8) is 0 Å². The van der Waals surface area contributed by atoms with Crippen molar-refractivity contribution in [1.29, 1.82) is 0 Å². The second kappa shape index (κ2) is 8.02. The van der Waals surface area contributed by atoms with Crippen molar-refractivity contribution in [2.75, 3.05) is 13.1 Å².